The molecule has 1 saturated heterocycles. The number of pyridine rings is 1. The van der Waals surface area contributed by atoms with E-state index in [1.807, 2.05) is 30.3 Å². The van der Waals surface area contributed by atoms with Gasteiger partial charge in [0.25, 0.3) is 0 Å². The Morgan fingerprint density at radius 3 is 2.65 bits per heavy atom. The Labute approximate surface area is 199 Å². The molecule has 5 rings (SSSR count). The highest BCUT2D eigenvalue weighted by molar-refractivity contribution is 5.74. The van der Waals surface area contributed by atoms with E-state index < -0.39 is 0 Å². The summed E-state index contributed by atoms with van der Waals surface area (Å²) < 4.78 is 20.9. The molecule has 1 aliphatic rings. The van der Waals surface area contributed by atoms with Crippen molar-refractivity contribution in [3.05, 3.63) is 83.8 Å². The molecule has 4 aromatic rings. The van der Waals surface area contributed by atoms with Crippen LogP contribution in [0.5, 0.6) is 5.75 Å². The van der Waals surface area contributed by atoms with Crippen LogP contribution in [-0.2, 0) is 6.54 Å². The lowest BCUT2D eigenvalue weighted by Crippen LogP contribution is -2.40. The van der Waals surface area contributed by atoms with Crippen LogP contribution in [-0.4, -0.2) is 45.7 Å². The standard InChI is InChI=1S/C27H30FN5O/c1-19(21-5-3-6-24(17-21)34-2)32-15-12-23(13-16-32)30-27-31-26-25(7-4-14-29-26)33(27)18-20-8-10-22(28)11-9-20/h3-11,14,17,19,23H,12-13,15-16,18H2,1-2H3,(H,29,30,31). The lowest BCUT2D eigenvalue weighted by molar-refractivity contribution is 0.167. The second-order valence-electron chi connectivity index (χ2n) is 8.90. The van der Waals surface area contributed by atoms with Gasteiger partial charge in [0.15, 0.2) is 5.65 Å². The van der Waals surface area contributed by atoms with E-state index in [0.29, 0.717) is 18.6 Å². The molecule has 2 aromatic heterocycles. The molecule has 176 valence electrons. The predicted octanol–water partition coefficient (Wildman–Crippen LogP) is 5.26. The first-order chi connectivity index (χ1) is 16.6. The van der Waals surface area contributed by atoms with Crippen molar-refractivity contribution >= 4 is 17.1 Å². The highest BCUT2D eigenvalue weighted by atomic mass is 19.1. The molecule has 6 nitrogen and oxygen atoms in total. The Bertz CT molecular complexity index is 1250. The van der Waals surface area contributed by atoms with Crippen LogP contribution >= 0.6 is 0 Å². The molecule has 1 atom stereocenters. The number of nitrogens with one attached hydrogen (secondary N) is 1. The van der Waals surface area contributed by atoms with Crippen molar-refractivity contribution in [1.82, 2.24) is 19.4 Å². The fourth-order valence-corrected chi connectivity index (χ4v) is 4.73. The Morgan fingerprint density at radius 2 is 1.88 bits per heavy atom. The zero-order valence-electron chi connectivity index (χ0n) is 19.6. The first-order valence-electron chi connectivity index (χ1n) is 11.8. The number of benzene rings is 2. The third kappa shape index (κ3) is 4.75. The van der Waals surface area contributed by atoms with Gasteiger partial charge in [0.05, 0.1) is 19.2 Å². The van der Waals surface area contributed by atoms with Gasteiger partial charge in [0.1, 0.15) is 11.6 Å². The lowest BCUT2D eigenvalue weighted by atomic mass is 10.00. The molecule has 34 heavy (non-hydrogen) atoms. The molecule has 1 N–H and O–H groups in total. The number of halogens is 1. The molecular formula is C27H30FN5O. The molecule has 1 unspecified atom stereocenters. The van der Waals surface area contributed by atoms with Crippen molar-refractivity contribution in [2.75, 3.05) is 25.5 Å². The number of anilines is 1. The monoisotopic (exact) mass is 459 g/mol. The summed E-state index contributed by atoms with van der Waals surface area (Å²) in [5.41, 5.74) is 3.99. The largest absolute Gasteiger partial charge is 0.497 e. The van der Waals surface area contributed by atoms with Crippen molar-refractivity contribution in [3.63, 3.8) is 0 Å². The van der Waals surface area contributed by atoms with E-state index in [1.54, 1.807) is 13.3 Å². The van der Waals surface area contributed by atoms with Crippen LogP contribution in [0.3, 0.4) is 0 Å². The summed E-state index contributed by atoms with van der Waals surface area (Å²) in [6, 6.07) is 19.6. The van der Waals surface area contributed by atoms with Crippen molar-refractivity contribution in [3.8, 4) is 5.75 Å². The molecule has 0 radical (unpaired) electrons. The molecule has 7 heteroatoms. The Morgan fingerprint density at radius 1 is 1.09 bits per heavy atom. The molecule has 0 aliphatic carbocycles. The van der Waals surface area contributed by atoms with Crippen molar-refractivity contribution in [2.24, 2.45) is 0 Å². The van der Waals surface area contributed by atoms with Gasteiger partial charge in [0, 0.05) is 31.4 Å². The fraction of sp³-hybridized carbons (Fsp3) is 0.333. The molecule has 0 amide bonds. The minimum Gasteiger partial charge on any atom is -0.497 e. The maximum atomic E-state index is 13.4. The third-order valence-corrected chi connectivity index (χ3v) is 6.76. The SMILES string of the molecule is COc1cccc(C(C)N2CCC(Nc3nc4ncccc4n3Cc3ccc(F)cc3)CC2)c1. The lowest BCUT2D eigenvalue weighted by Gasteiger charge is -2.36. The van der Waals surface area contributed by atoms with Gasteiger partial charge in [-0.2, -0.15) is 4.98 Å². The molecule has 0 saturated carbocycles. The average Bonchev–Trinajstić information content (AvgIpc) is 3.22. The molecule has 3 heterocycles. The van der Waals surface area contributed by atoms with Crippen LogP contribution in [0.1, 0.15) is 36.9 Å². The van der Waals surface area contributed by atoms with Gasteiger partial charge in [0.2, 0.25) is 5.95 Å². The van der Waals surface area contributed by atoms with E-state index in [2.05, 4.69) is 44.9 Å². The van der Waals surface area contributed by atoms with Crippen LogP contribution in [0.15, 0.2) is 66.9 Å². The third-order valence-electron chi connectivity index (χ3n) is 6.76. The summed E-state index contributed by atoms with van der Waals surface area (Å²) in [4.78, 5) is 11.7. The molecule has 1 fully saturated rings. The Balaban J connectivity index is 1.29. The highest BCUT2D eigenvalue weighted by Gasteiger charge is 2.25. The number of methoxy groups -OCH3 is 1. The minimum atomic E-state index is -0.228. The van der Waals surface area contributed by atoms with Gasteiger partial charge in [-0.3, -0.25) is 4.90 Å². The fourth-order valence-electron chi connectivity index (χ4n) is 4.73. The summed E-state index contributed by atoms with van der Waals surface area (Å²) in [6.07, 6.45) is 3.82. The van der Waals surface area contributed by atoms with E-state index in [9.17, 15) is 4.39 Å². The van der Waals surface area contributed by atoms with Crippen LogP contribution in [0.4, 0.5) is 10.3 Å². The first kappa shape index (κ1) is 22.3. The summed E-state index contributed by atoms with van der Waals surface area (Å²) in [6.45, 7) is 4.88. The van der Waals surface area contributed by atoms with Crippen molar-refractivity contribution in [2.45, 2.75) is 38.4 Å². The molecular weight excluding hydrogens is 429 g/mol. The van der Waals surface area contributed by atoms with Gasteiger partial charge in [-0.1, -0.05) is 24.3 Å². The topological polar surface area (TPSA) is 55.2 Å². The number of ether oxygens (including phenoxy) is 1. The van der Waals surface area contributed by atoms with Crippen LogP contribution in [0.2, 0.25) is 0 Å². The van der Waals surface area contributed by atoms with Gasteiger partial charge in [-0.25, -0.2) is 9.37 Å². The number of fused-ring (bicyclic) bond motifs is 1. The maximum absolute atomic E-state index is 13.4. The highest BCUT2D eigenvalue weighted by Crippen LogP contribution is 2.28. The zero-order chi connectivity index (χ0) is 23.5. The number of piperidine rings is 1. The Hall–Kier alpha value is -3.45. The van der Waals surface area contributed by atoms with Crippen molar-refractivity contribution < 1.29 is 9.13 Å². The van der Waals surface area contributed by atoms with Gasteiger partial charge in [-0.05, 0) is 67.3 Å². The number of imidazole rings is 1. The second-order valence-corrected chi connectivity index (χ2v) is 8.90. The number of hydrogen-bond donors (Lipinski definition) is 1. The van der Waals surface area contributed by atoms with E-state index in [0.717, 1.165) is 54.4 Å². The van der Waals surface area contributed by atoms with Crippen LogP contribution < -0.4 is 10.1 Å². The minimum absolute atomic E-state index is 0.228. The zero-order valence-corrected chi connectivity index (χ0v) is 19.6. The molecule has 0 bridgehead atoms. The Kier molecular flexibility index (Phi) is 6.45. The summed E-state index contributed by atoms with van der Waals surface area (Å²) >= 11 is 0. The van der Waals surface area contributed by atoms with E-state index in [-0.39, 0.29) is 5.82 Å². The summed E-state index contributed by atoms with van der Waals surface area (Å²) in [5, 5.41) is 3.68. The molecule has 2 aromatic carbocycles. The maximum Gasteiger partial charge on any atom is 0.205 e. The number of nitrogens with zero attached hydrogens (tertiary/aromatic N) is 4. The second kappa shape index (κ2) is 9.81. The van der Waals surface area contributed by atoms with Crippen LogP contribution in [0, 0.1) is 5.82 Å². The normalized spacial score (nSPS) is 16.0. The van der Waals surface area contributed by atoms with Gasteiger partial charge >= 0.3 is 0 Å². The number of aromatic nitrogens is 3. The van der Waals surface area contributed by atoms with Gasteiger partial charge < -0.3 is 14.6 Å². The predicted molar refractivity (Wildman–Crippen MR) is 133 cm³/mol. The van der Waals surface area contributed by atoms with Crippen molar-refractivity contribution in [1.29, 1.82) is 0 Å². The van der Waals surface area contributed by atoms with E-state index >= 15 is 0 Å². The average molecular weight is 460 g/mol. The van der Waals surface area contributed by atoms with Crippen LogP contribution in [0.25, 0.3) is 11.2 Å². The number of hydrogen-bond acceptors (Lipinski definition) is 5. The number of likely N-dealkylation sites (tertiary alicyclic amines) is 1. The smallest absolute Gasteiger partial charge is 0.205 e. The van der Waals surface area contributed by atoms with Gasteiger partial charge in [-0.15, -0.1) is 0 Å². The number of rotatable bonds is 7. The summed E-state index contributed by atoms with van der Waals surface area (Å²) in [7, 11) is 1.71. The van der Waals surface area contributed by atoms with E-state index in [1.165, 1.54) is 17.7 Å². The van der Waals surface area contributed by atoms with E-state index in [4.69, 9.17) is 9.72 Å². The molecule has 0 spiro atoms. The molecule has 1 aliphatic heterocycles. The summed E-state index contributed by atoms with van der Waals surface area (Å²) in [5.74, 6) is 1.49. The first-order valence-corrected chi connectivity index (χ1v) is 11.8. The quantitative estimate of drug-likeness (QED) is 0.408.